The molecule has 75 heavy (non-hydrogen) atoms. The van der Waals surface area contributed by atoms with Crippen molar-refractivity contribution in [2.45, 2.75) is 110 Å². The van der Waals surface area contributed by atoms with E-state index in [2.05, 4.69) is 41.1 Å². The van der Waals surface area contributed by atoms with Gasteiger partial charge in [-0.05, 0) is 60.6 Å². The number of amides is 5. The van der Waals surface area contributed by atoms with Crippen LogP contribution in [-0.4, -0.2) is 129 Å². The van der Waals surface area contributed by atoms with E-state index < -0.39 is 29.4 Å². The molecular weight excluding hydrogens is 999 g/mol. The number of anilines is 3. The summed E-state index contributed by atoms with van der Waals surface area (Å²) >= 11 is 7.54. The maximum absolute atomic E-state index is 14.0. The van der Waals surface area contributed by atoms with E-state index in [1.54, 1.807) is 35.6 Å². The fraction of sp³-hybridized carbons (Fsp3) is 0.455. The highest BCUT2D eigenvalue weighted by Gasteiger charge is 2.44. The number of aryl methyl sites for hydroxylation is 1. The number of nitrogens with one attached hydrogen (secondary N) is 4. The number of aliphatic hydroxyl groups excluding tert-OH is 1. The van der Waals surface area contributed by atoms with Gasteiger partial charge in [0.2, 0.25) is 29.5 Å². The first-order valence-corrected chi connectivity index (χ1v) is 26.8. The molecule has 5 amide bonds. The molecule has 2 saturated heterocycles. The number of unbranched alkanes of at least 4 members (excludes halogenated alkanes) is 5. The third-order valence-corrected chi connectivity index (χ3v) is 14.8. The second-order valence-corrected chi connectivity index (χ2v) is 21.4. The van der Waals surface area contributed by atoms with E-state index in [9.17, 15) is 33.5 Å². The van der Waals surface area contributed by atoms with Gasteiger partial charge in [-0.1, -0.05) is 88.4 Å². The number of aromatic nitrogens is 3. The monoisotopic (exact) mass is 1070 g/mol. The number of fused-ring (bicyclic) bond motifs is 1. The van der Waals surface area contributed by atoms with Crippen molar-refractivity contribution in [3.8, 4) is 16.2 Å². The highest BCUT2D eigenvalue weighted by molar-refractivity contribution is 7.13. The smallest absolute Gasteiger partial charge is 0.248 e. The zero-order valence-corrected chi connectivity index (χ0v) is 44.9. The Balaban J connectivity index is 0.760. The summed E-state index contributed by atoms with van der Waals surface area (Å²) in [5, 5.41) is 23.1. The van der Waals surface area contributed by atoms with Crippen molar-refractivity contribution in [3.63, 3.8) is 0 Å². The second-order valence-electron chi connectivity index (χ2n) is 20.2. The molecule has 3 atom stereocenters. The van der Waals surface area contributed by atoms with Crippen molar-refractivity contribution < 1.29 is 38.2 Å². The number of hydrogen-bond donors (Lipinski definition) is 5. The van der Waals surface area contributed by atoms with Gasteiger partial charge in [-0.2, -0.15) is 0 Å². The summed E-state index contributed by atoms with van der Waals surface area (Å²) in [6.45, 7) is 11.0. The third kappa shape index (κ3) is 15.5. The predicted octanol–water partition coefficient (Wildman–Crippen LogP) is 8.18. The molecule has 2 aromatic heterocycles. The zero-order valence-electron chi connectivity index (χ0n) is 43.3. The van der Waals surface area contributed by atoms with Crippen molar-refractivity contribution in [2.24, 2.45) is 5.41 Å². The highest BCUT2D eigenvalue weighted by atomic mass is 35.5. The van der Waals surface area contributed by atoms with Crippen LogP contribution in [0.2, 0.25) is 5.02 Å². The van der Waals surface area contributed by atoms with Gasteiger partial charge in [0, 0.05) is 88.3 Å². The third-order valence-electron chi connectivity index (χ3n) is 13.5. The molecule has 2 fully saturated rings. The van der Waals surface area contributed by atoms with E-state index in [-0.39, 0.29) is 60.5 Å². The molecule has 7 rings (SSSR count). The minimum atomic E-state index is -0.882. The summed E-state index contributed by atoms with van der Waals surface area (Å²) in [7, 11) is 1.50. The molecule has 5 aromatic rings. The van der Waals surface area contributed by atoms with Crippen LogP contribution in [0.1, 0.15) is 89.8 Å². The summed E-state index contributed by atoms with van der Waals surface area (Å²) in [6.07, 6.45) is 9.70. The second kappa shape index (κ2) is 26.3. The standard InChI is InChI=1S/C55H68ClFN10O7S/c1-35-50(75-34-61-35)37-18-16-36(17-19-37)31-58-53(72)45-28-39(68)32-67(45)54(73)51(55(2,3)4)64-48(70)13-10-8-6-7-9-11-15-49(71)66-25-23-65(24-26-66)22-12-14-47(69)63-44-29-40-43(30-46(44)74-5)59-33-60-52(40)62-38-20-21-42(57)41(56)27-38/h12,14,16-21,27,29-30,33-34,39,45,51,68H,6-11,13,15,22-26,28,31-32H2,1-5H3,(H,58,72)(H,63,69)(H,64,70)(H,59,60,62)/b14-12+/t39-,45+,51-/m1/s1. The average molecular weight is 1070 g/mol. The molecule has 0 saturated carbocycles. The van der Waals surface area contributed by atoms with Gasteiger partial charge in [-0.25, -0.2) is 19.3 Å². The number of benzene rings is 3. The van der Waals surface area contributed by atoms with Crippen LogP contribution >= 0.6 is 22.9 Å². The van der Waals surface area contributed by atoms with Crippen molar-refractivity contribution in [1.82, 2.24) is 40.3 Å². The van der Waals surface area contributed by atoms with Gasteiger partial charge >= 0.3 is 0 Å². The van der Waals surface area contributed by atoms with E-state index in [0.717, 1.165) is 53.8 Å². The first kappa shape index (κ1) is 56.2. The number of methoxy groups -OCH3 is 1. The molecule has 5 N–H and O–H groups in total. The first-order valence-electron chi connectivity index (χ1n) is 25.5. The van der Waals surface area contributed by atoms with Crippen LogP contribution < -0.4 is 26.0 Å². The van der Waals surface area contributed by atoms with E-state index in [4.69, 9.17) is 16.3 Å². The van der Waals surface area contributed by atoms with Gasteiger partial charge < -0.3 is 40.9 Å². The molecule has 2 aliphatic rings. The molecule has 4 heterocycles. The highest BCUT2D eigenvalue weighted by Crippen LogP contribution is 2.34. The number of halogens is 2. The predicted molar refractivity (Wildman–Crippen MR) is 290 cm³/mol. The Morgan fingerprint density at radius 1 is 0.933 bits per heavy atom. The quantitative estimate of drug-likeness (QED) is 0.0328. The molecule has 2 aliphatic heterocycles. The van der Waals surface area contributed by atoms with Crippen LogP contribution in [0.5, 0.6) is 5.75 Å². The summed E-state index contributed by atoms with van der Waals surface area (Å²) in [4.78, 5) is 86.4. The lowest BCUT2D eigenvalue weighted by atomic mass is 9.85. The number of likely N-dealkylation sites (tertiary alicyclic amines) is 1. The van der Waals surface area contributed by atoms with Gasteiger partial charge in [0.05, 0.1) is 45.5 Å². The van der Waals surface area contributed by atoms with Crippen LogP contribution in [0.4, 0.5) is 21.6 Å². The van der Waals surface area contributed by atoms with Crippen molar-refractivity contribution in [2.75, 3.05) is 57.0 Å². The summed E-state index contributed by atoms with van der Waals surface area (Å²) in [6, 6.07) is 13.8. The Morgan fingerprint density at radius 3 is 2.33 bits per heavy atom. The number of aliphatic hydroxyl groups is 1. The fourth-order valence-electron chi connectivity index (χ4n) is 9.26. The number of carbonyl (C=O) groups excluding carboxylic acids is 5. The van der Waals surface area contributed by atoms with E-state index >= 15 is 0 Å². The Hall–Kier alpha value is -6.54. The Kier molecular flexibility index (Phi) is 19.7. The summed E-state index contributed by atoms with van der Waals surface area (Å²) in [5.41, 5.74) is 5.60. The van der Waals surface area contributed by atoms with Crippen LogP contribution in [0.3, 0.4) is 0 Å². The van der Waals surface area contributed by atoms with E-state index in [1.165, 1.54) is 36.5 Å². The molecule has 0 radical (unpaired) electrons. The minimum Gasteiger partial charge on any atom is -0.494 e. The zero-order chi connectivity index (χ0) is 53.6. The van der Waals surface area contributed by atoms with Crippen molar-refractivity contribution in [1.29, 1.82) is 0 Å². The summed E-state index contributed by atoms with van der Waals surface area (Å²) < 4.78 is 19.3. The number of thiazole rings is 1. The number of nitrogens with zero attached hydrogens (tertiary/aromatic N) is 6. The minimum absolute atomic E-state index is 0.0110. The van der Waals surface area contributed by atoms with Gasteiger partial charge in [0.1, 0.15) is 35.8 Å². The van der Waals surface area contributed by atoms with Crippen LogP contribution in [0, 0.1) is 18.2 Å². The van der Waals surface area contributed by atoms with Crippen molar-refractivity contribution >= 4 is 80.6 Å². The Labute approximate surface area is 446 Å². The maximum Gasteiger partial charge on any atom is 0.248 e. The fourth-order valence-corrected chi connectivity index (χ4v) is 10.3. The first-order chi connectivity index (χ1) is 36.0. The van der Waals surface area contributed by atoms with Crippen LogP contribution in [0.25, 0.3) is 21.3 Å². The number of β-amino-alcohol motifs (C(OH)–C–C–N with tert-alkyl or cyclic N) is 1. The topological polar surface area (TPSA) is 211 Å². The van der Waals surface area contributed by atoms with Crippen LogP contribution in [0.15, 0.2) is 78.6 Å². The largest absolute Gasteiger partial charge is 0.494 e. The molecule has 0 unspecified atom stereocenters. The molecular formula is C55H68ClFN10O7S. The van der Waals surface area contributed by atoms with E-state index in [1.807, 2.05) is 62.4 Å². The molecule has 0 bridgehead atoms. The number of piperazine rings is 1. The maximum atomic E-state index is 14.0. The van der Waals surface area contributed by atoms with Crippen LogP contribution in [-0.2, 0) is 30.5 Å². The Bertz CT molecular complexity index is 2830. The number of carbonyl (C=O) groups is 5. The van der Waals surface area contributed by atoms with Gasteiger partial charge in [0.15, 0.2) is 0 Å². The molecule has 0 spiro atoms. The van der Waals surface area contributed by atoms with E-state index in [0.29, 0.717) is 79.4 Å². The lowest BCUT2D eigenvalue weighted by Gasteiger charge is -2.35. The molecule has 0 aliphatic carbocycles. The normalized spacial score (nSPS) is 16.5. The van der Waals surface area contributed by atoms with Crippen molar-refractivity contribution in [3.05, 3.63) is 101 Å². The average Bonchev–Trinajstić information content (AvgIpc) is 4.01. The SMILES string of the molecule is COc1cc2ncnc(Nc3ccc(F)c(Cl)c3)c2cc1NC(=O)/C=C/CN1CCN(C(=O)CCCCCCCCC(=O)N[C@H](C(=O)N2C[C@H](O)C[C@H]2C(=O)NCc2ccc(-c3scnc3C)cc2)C(C)(C)C)CC1. The van der Waals surface area contributed by atoms with Gasteiger partial charge in [-0.3, -0.25) is 28.9 Å². The van der Waals surface area contributed by atoms with Gasteiger partial charge in [0.25, 0.3) is 0 Å². The number of rotatable bonds is 22. The molecule has 400 valence electrons. The molecule has 17 nitrogen and oxygen atoms in total. The number of ether oxygens (including phenoxy) is 1. The van der Waals surface area contributed by atoms with Gasteiger partial charge in [-0.15, -0.1) is 11.3 Å². The summed E-state index contributed by atoms with van der Waals surface area (Å²) in [5.74, 6) is -0.871. The lowest BCUT2D eigenvalue weighted by molar-refractivity contribution is -0.144. The lowest BCUT2D eigenvalue weighted by Crippen LogP contribution is -2.57. The number of hydrogen-bond acceptors (Lipinski definition) is 13. The Morgan fingerprint density at radius 2 is 1.65 bits per heavy atom. The molecule has 3 aromatic carbocycles. The molecule has 20 heteroatoms.